The molecular formula is C17H33IN6. The van der Waals surface area contributed by atoms with Crippen LogP contribution in [-0.4, -0.2) is 65.8 Å². The highest BCUT2D eigenvalue weighted by Gasteiger charge is 2.31. The molecule has 0 bridgehead atoms. The van der Waals surface area contributed by atoms with Gasteiger partial charge in [0.1, 0.15) is 0 Å². The number of hydrogen-bond acceptors (Lipinski definition) is 3. The lowest BCUT2D eigenvalue weighted by Gasteiger charge is -2.26. The molecule has 0 saturated carbocycles. The van der Waals surface area contributed by atoms with Crippen LogP contribution in [-0.2, 0) is 7.05 Å². The van der Waals surface area contributed by atoms with Crippen molar-refractivity contribution in [2.24, 2.45) is 17.5 Å². The Morgan fingerprint density at radius 3 is 2.62 bits per heavy atom. The minimum absolute atomic E-state index is 0. The van der Waals surface area contributed by atoms with Crippen LogP contribution in [0.25, 0.3) is 0 Å². The number of rotatable bonds is 5. The quantitative estimate of drug-likeness (QED) is 0.427. The van der Waals surface area contributed by atoms with Gasteiger partial charge >= 0.3 is 0 Å². The highest BCUT2D eigenvalue weighted by Crippen LogP contribution is 2.28. The Morgan fingerprint density at radius 1 is 1.46 bits per heavy atom. The normalized spacial score (nSPS) is 18.6. The summed E-state index contributed by atoms with van der Waals surface area (Å²) in [4.78, 5) is 9.52. The molecule has 0 aromatic carbocycles. The van der Waals surface area contributed by atoms with Gasteiger partial charge in [-0.05, 0) is 32.9 Å². The molecular weight excluding hydrogens is 415 g/mol. The lowest BCUT2D eigenvalue weighted by molar-refractivity contribution is 0.304. The van der Waals surface area contributed by atoms with Crippen molar-refractivity contribution in [3.8, 4) is 0 Å². The number of hydrogen-bond donors (Lipinski definition) is 1. The third-order valence-corrected chi connectivity index (χ3v) is 4.46. The number of likely N-dealkylation sites (tertiary alicyclic amines) is 1. The Kier molecular flexibility index (Phi) is 7.98. The van der Waals surface area contributed by atoms with Gasteiger partial charge in [-0.25, -0.2) is 0 Å². The molecule has 1 aliphatic rings. The molecule has 1 fully saturated rings. The predicted octanol–water partition coefficient (Wildman–Crippen LogP) is 2.34. The van der Waals surface area contributed by atoms with Crippen molar-refractivity contribution in [3.05, 3.63) is 18.0 Å². The first kappa shape index (κ1) is 21.2. The molecule has 0 radical (unpaired) electrons. The van der Waals surface area contributed by atoms with E-state index < -0.39 is 0 Å². The van der Waals surface area contributed by atoms with Crippen molar-refractivity contribution in [1.82, 2.24) is 24.9 Å². The highest BCUT2D eigenvalue weighted by molar-refractivity contribution is 14.0. The average Bonchev–Trinajstić information content (AvgIpc) is 3.03. The van der Waals surface area contributed by atoms with Crippen molar-refractivity contribution in [2.45, 2.75) is 33.2 Å². The van der Waals surface area contributed by atoms with E-state index in [0.29, 0.717) is 5.41 Å². The molecule has 6 nitrogen and oxygen atoms in total. The number of nitrogens with one attached hydrogen (secondary N) is 1. The number of aryl methyl sites for hydroxylation is 1. The van der Waals surface area contributed by atoms with E-state index >= 15 is 0 Å². The van der Waals surface area contributed by atoms with Crippen molar-refractivity contribution in [2.75, 3.05) is 40.3 Å². The molecule has 2 rings (SSSR count). The Balaban J connectivity index is 0.00000288. The van der Waals surface area contributed by atoms with Gasteiger partial charge in [0.25, 0.3) is 0 Å². The number of likely N-dealkylation sites (N-methyl/N-ethyl adjacent to an activating group) is 1. The van der Waals surface area contributed by atoms with Gasteiger partial charge in [0.05, 0.1) is 18.8 Å². The molecule has 0 amide bonds. The third kappa shape index (κ3) is 5.61. The van der Waals surface area contributed by atoms with E-state index in [1.807, 2.05) is 17.9 Å². The molecule has 1 atom stereocenters. The molecule has 1 aromatic rings. The summed E-state index contributed by atoms with van der Waals surface area (Å²) < 4.78 is 1.85. The molecule has 0 aliphatic carbocycles. The van der Waals surface area contributed by atoms with E-state index in [2.05, 4.69) is 61.3 Å². The van der Waals surface area contributed by atoms with E-state index in [-0.39, 0.29) is 30.0 Å². The monoisotopic (exact) mass is 448 g/mol. The fourth-order valence-corrected chi connectivity index (χ4v) is 3.07. The number of nitrogens with zero attached hydrogens (tertiary/aromatic N) is 5. The summed E-state index contributed by atoms with van der Waals surface area (Å²) in [6.45, 7) is 10.6. The van der Waals surface area contributed by atoms with Crippen molar-refractivity contribution < 1.29 is 0 Å². The van der Waals surface area contributed by atoms with Crippen LogP contribution in [0.2, 0.25) is 0 Å². The first-order valence-corrected chi connectivity index (χ1v) is 8.50. The summed E-state index contributed by atoms with van der Waals surface area (Å²) in [5.41, 5.74) is 1.58. The Hall–Kier alpha value is -0.830. The molecule has 1 N–H and O–H groups in total. The maximum absolute atomic E-state index is 4.92. The fourth-order valence-electron chi connectivity index (χ4n) is 3.07. The molecule has 0 spiro atoms. The molecule has 7 heteroatoms. The first-order valence-electron chi connectivity index (χ1n) is 8.50. The van der Waals surface area contributed by atoms with E-state index in [0.717, 1.165) is 32.1 Å². The molecule has 2 heterocycles. The number of aliphatic imine (C=N–C) groups is 1. The lowest BCUT2D eigenvalue weighted by Crippen LogP contribution is -2.41. The second-order valence-electron chi connectivity index (χ2n) is 7.46. The van der Waals surface area contributed by atoms with Crippen LogP contribution >= 0.6 is 24.0 Å². The highest BCUT2D eigenvalue weighted by atomic mass is 127. The minimum atomic E-state index is 0. The summed E-state index contributed by atoms with van der Waals surface area (Å²) in [5, 5.41) is 7.75. The van der Waals surface area contributed by atoms with Gasteiger partial charge in [0.2, 0.25) is 0 Å². The molecule has 1 aliphatic heterocycles. The van der Waals surface area contributed by atoms with Gasteiger partial charge < -0.3 is 15.1 Å². The van der Waals surface area contributed by atoms with Crippen LogP contribution in [0.3, 0.4) is 0 Å². The minimum Gasteiger partial charge on any atom is -0.357 e. The molecule has 1 unspecified atom stereocenters. The van der Waals surface area contributed by atoms with Crippen LogP contribution < -0.4 is 5.32 Å². The van der Waals surface area contributed by atoms with Crippen LogP contribution in [0.5, 0.6) is 0 Å². The summed E-state index contributed by atoms with van der Waals surface area (Å²) in [6, 6.07) is 0.243. The molecule has 24 heavy (non-hydrogen) atoms. The molecule has 1 aromatic heterocycles. The number of aromatic nitrogens is 2. The van der Waals surface area contributed by atoms with E-state index in [1.54, 1.807) is 0 Å². The topological polar surface area (TPSA) is 48.7 Å². The van der Waals surface area contributed by atoms with E-state index in [9.17, 15) is 0 Å². The summed E-state index contributed by atoms with van der Waals surface area (Å²) >= 11 is 0. The number of halogens is 1. The van der Waals surface area contributed by atoms with Crippen molar-refractivity contribution in [3.63, 3.8) is 0 Å². The second kappa shape index (κ2) is 9.03. The molecule has 138 valence electrons. The van der Waals surface area contributed by atoms with Gasteiger partial charge in [-0.2, -0.15) is 5.10 Å². The standard InChI is InChI=1S/C17H32N6.HI/c1-7-18-16(23-9-8-17(2,3)13-23)19-11-15(21(4)5)14-10-20-22(6)12-14;/h10,12,15H,7-9,11,13H2,1-6H3,(H,18,19);1H. The maximum Gasteiger partial charge on any atom is 0.194 e. The SMILES string of the molecule is CCNC(=NCC(c1cnn(C)c1)N(C)C)N1CCC(C)(C)C1.I. The zero-order chi connectivity index (χ0) is 17.0. The number of guanidine groups is 1. The summed E-state index contributed by atoms with van der Waals surface area (Å²) in [6.07, 6.45) is 5.23. The first-order chi connectivity index (χ1) is 10.8. The smallest absolute Gasteiger partial charge is 0.194 e. The van der Waals surface area contributed by atoms with Gasteiger partial charge in [0.15, 0.2) is 5.96 Å². The summed E-state index contributed by atoms with van der Waals surface area (Å²) in [7, 11) is 6.15. The Labute approximate surface area is 163 Å². The average molecular weight is 448 g/mol. The van der Waals surface area contributed by atoms with E-state index in [4.69, 9.17) is 4.99 Å². The van der Waals surface area contributed by atoms with Gasteiger partial charge in [-0.1, -0.05) is 13.8 Å². The fraction of sp³-hybridized carbons (Fsp3) is 0.765. The van der Waals surface area contributed by atoms with Crippen molar-refractivity contribution in [1.29, 1.82) is 0 Å². The van der Waals surface area contributed by atoms with Crippen LogP contribution in [0.15, 0.2) is 17.4 Å². The van der Waals surface area contributed by atoms with Gasteiger partial charge in [0, 0.05) is 38.4 Å². The Bertz CT molecular complexity index is 537. The lowest BCUT2D eigenvalue weighted by atomic mass is 9.93. The second-order valence-corrected chi connectivity index (χ2v) is 7.46. The van der Waals surface area contributed by atoms with Crippen LogP contribution in [0.1, 0.15) is 38.8 Å². The molecule has 1 saturated heterocycles. The van der Waals surface area contributed by atoms with E-state index in [1.165, 1.54) is 12.0 Å². The van der Waals surface area contributed by atoms with Gasteiger partial charge in [-0.15, -0.1) is 24.0 Å². The van der Waals surface area contributed by atoms with Crippen molar-refractivity contribution >= 4 is 29.9 Å². The predicted molar refractivity (Wildman–Crippen MR) is 111 cm³/mol. The third-order valence-electron chi connectivity index (χ3n) is 4.46. The largest absolute Gasteiger partial charge is 0.357 e. The van der Waals surface area contributed by atoms with Gasteiger partial charge in [-0.3, -0.25) is 9.67 Å². The van der Waals surface area contributed by atoms with Crippen LogP contribution in [0, 0.1) is 5.41 Å². The zero-order valence-corrected chi connectivity index (χ0v) is 18.2. The van der Waals surface area contributed by atoms with Crippen LogP contribution in [0.4, 0.5) is 0 Å². The summed E-state index contributed by atoms with van der Waals surface area (Å²) in [5.74, 6) is 1.04. The zero-order valence-electron chi connectivity index (χ0n) is 15.9. The maximum atomic E-state index is 4.92. The Morgan fingerprint density at radius 2 is 2.17 bits per heavy atom.